The van der Waals surface area contributed by atoms with Gasteiger partial charge in [-0.05, 0) is 146 Å². The van der Waals surface area contributed by atoms with Crippen molar-refractivity contribution in [2.45, 2.75) is 212 Å². The Bertz CT molecular complexity index is 1620. The van der Waals surface area contributed by atoms with Gasteiger partial charge in [-0.1, -0.05) is 88.9 Å². The molecule has 0 unspecified atom stereocenters. The van der Waals surface area contributed by atoms with E-state index < -0.39 is 13.9 Å². The molecule has 2 aliphatic heterocycles. The van der Waals surface area contributed by atoms with Crippen LogP contribution in [0, 0.1) is 11.8 Å². The van der Waals surface area contributed by atoms with Crippen LogP contribution >= 0.6 is 0 Å². The van der Waals surface area contributed by atoms with E-state index in [4.69, 9.17) is 30.5 Å². The van der Waals surface area contributed by atoms with Gasteiger partial charge in [0.05, 0.1) is 12.2 Å². The predicted molar refractivity (Wildman–Crippen MR) is 265 cm³/mol. The van der Waals surface area contributed by atoms with Crippen molar-refractivity contribution >= 4 is 30.6 Å². The number of benzene rings is 2. The molecular formula is C53H90N4O6Si. The van der Waals surface area contributed by atoms with Crippen LogP contribution in [0.2, 0.25) is 5.04 Å². The fourth-order valence-corrected chi connectivity index (χ4v) is 15.0. The molecule has 0 spiro atoms. The minimum atomic E-state index is -2.49. The van der Waals surface area contributed by atoms with E-state index in [0.717, 1.165) is 77.5 Å². The maximum atomic E-state index is 12.3. The van der Waals surface area contributed by atoms with E-state index in [1.54, 1.807) is 0 Å². The first kappa shape index (κ1) is 54.0. The van der Waals surface area contributed by atoms with Crippen molar-refractivity contribution in [2.24, 2.45) is 23.3 Å². The van der Waals surface area contributed by atoms with Crippen LogP contribution in [-0.4, -0.2) is 109 Å². The summed E-state index contributed by atoms with van der Waals surface area (Å²) in [5.74, 6) is 0.831. The first-order valence-electron chi connectivity index (χ1n) is 24.5. The molecule has 0 atom stereocenters. The molecule has 10 nitrogen and oxygen atoms in total. The number of likely N-dealkylation sites (tertiary alicyclic amines) is 2. The number of nitrogens with two attached hydrogens (primary N) is 2. The van der Waals surface area contributed by atoms with Gasteiger partial charge in [0, 0.05) is 63.2 Å². The molecule has 3 aliphatic carbocycles. The smallest absolute Gasteiger partial charge is 0.306 e. The molecule has 0 bridgehead atoms. The van der Waals surface area contributed by atoms with Crippen molar-refractivity contribution in [1.29, 1.82) is 0 Å². The lowest BCUT2D eigenvalue weighted by molar-refractivity contribution is -0.157. The van der Waals surface area contributed by atoms with Crippen molar-refractivity contribution < 1.29 is 28.6 Å². The van der Waals surface area contributed by atoms with Gasteiger partial charge >= 0.3 is 11.9 Å². The second kappa shape index (κ2) is 23.9. The number of rotatable bonds is 10. The molecule has 5 aliphatic rings. The van der Waals surface area contributed by atoms with Gasteiger partial charge < -0.3 is 30.5 Å². The van der Waals surface area contributed by atoms with Crippen molar-refractivity contribution in [2.75, 3.05) is 26.2 Å². The summed E-state index contributed by atoms with van der Waals surface area (Å²) in [4.78, 5) is 28.8. The molecule has 2 aromatic rings. The van der Waals surface area contributed by atoms with Gasteiger partial charge in [0.2, 0.25) is 0 Å². The number of hydrogen-bond acceptors (Lipinski definition) is 10. The van der Waals surface area contributed by atoms with Crippen molar-refractivity contribution in [3.8, 4) is 0 Å². The van der Waals surface area contributed by atoms with E-state index in [1.807, 2.05) is 41.5 Å². The second-order valence-electron chi connectivity index (χ2n) is 22.6. The number of carbonyl (C=O) groups is 2. The number of hydrogen-bond donors (Lipinski definition) is 3. The van der Waals surface area contributed by atoms with Crippen LogP contribution in [0.15, 0.2) is 60.7 Å². The molecule has 64 heavy (non-hydrogen) atoms. The zero-order valence-electron chi connectivity index (χ0n) is 40.7. The third-order valence-electron chi connectivity index (χ3n) is 13.8. The van der Waals surface area contributed by atoms with Gasteiger partial charge in [-0.15, -0.1) is 0 Å². The van der Waals surface area contributed by atoms with Gasteiger partial charge in [0.15, 0.2) is 0 Å². The van der Waals surface area contributed by atoms with Crippen LogP contribution in [-0.2, 0) is 23.5 Å². The Morgan fingerprint density at radius 2 is 0.922 bits per heavy atom. The van der Waals surface area contributed by atoms with E-state index in [2.05, 4.69) is 91.2 Å². The Labute approximate surface area is 390 Å². The molecule has 362 valence electrons. The van der Waals surface area contributed by atoms with Crippen LogP contribution < -0.4 is 21.8 Å². The normalized spacial score (nSPS) is 26.3. The Morgan fingerprint density at radius 3 is 1.28 bits per heavy atom. The Balaban J connectivity index is 0.000000261. The first-order valence-corrected chi connectivity index (χ1v) is 26.4. The summed E-state index contributed by atoms with van der Waals surface area (Å²) >= 11 is 0. The van der Waals surface area contributed by atoms with E-state index in [0.29, 0.717) is 48.8 Å². The molecule has 2 aromatic carbocycles. The third-order valence-corrected chi connectivity index (χ3v) is 18.9. The fourth-order valence-electron chi connectivity index (χ4n) is 10.4. The average Bonchev–Trinajstić information content (AvgIpc) is 3.17. The van der Waals surface area contributed by atoms with Crippen molar-refractivity contribution in [1.82, 2.24) is 9.80 Å². The highest BCUT2D eigenvalue weighted by atomic mass is 28.4. The maximum Gasteiger partial charge on any atom is 0.306 e. The number of carbonyl (C=O) groups excluding carboxylic acids is 2. The molecule has 0 radical (unpaired) electrons. The average molecular weight is 907 g/mol. The summed E-state index contributed by atoms with van der Waals surface area (Å²) in [6.07, 6.45) is 14.9. The number of nitrogens with zero attached hydrogens (tertiary/aromatic N) is 2. The molecule has 0 aromatic heterocycles. The predicted octanol–water partition coefficient (Wildman–Crippen LogP) is 8.34. The molecule has 0 amide bonds. The van der Waals surface area contributed by atoms with Crippen LogP contribution in [0.4, 0.5) is 0 Å². The van der Waals surface area contributed by atoms with Gasteiger partial charge in [-0.2, -0.15) is 0 Å². The van der Waals surface area contributed by atoms with E-state index in [-0.39, 0.29) is 42.2 Å². The monoisotopic (exact) mass is 907 g/mol. The molecule has 2 saturated heterocycles. The van der Waals surface area contributed by atoms with Gasteiger partial charge in [0.25, 0.3) is 8.32 Å². The largest absolute Gasteiger partial charge is 0.460 e. The van der Waals surface area contributed by atoms with E-state index in [9.17, 15) is 9.59 Å². The standard InChI is InChI=1S/C31H45NO3Si.C12H23NO2.C9H18N2O.CH4/c1-30(2,3)34-29(33)21-24-17-19-25(20-18-24)32-22-26(23-32)35-36(31(4,5)6,27-13-9-7-10-14-27)28-15-11-8-12-16-28;1-12(2,3)15-11(14)8-9-4-6-10(13)7-5-9;10-7-1-3-8(4-2-7)11-5-9(12)6-11;/h7-16,24-26H,17-23H2,1-6H3;9-10H,4-8,13H2,1-3H3;7-9,12H,1-6,10H2;1H4. The molecular weight excluding hydrogens is 817 g/mol. The summed E-state index contributed by atoms with van der Waals surface area (Å²) < 4.78 is 18.1. The summed E-state index contributed by atoms with van der Waals surface area (Å²) in [7, 11) is -2.49. The minimum absolute atomic E-state index is 0. The number of esters is 2. The van der Waals surface area contributed by atoms with Crippen molar-refractivity contribution in [3.05, 3.63) is 60.7 Å². The Hall–Kier alpha value is -2.64. The third kappa shape index (κ3) is 16.3. The van der Waals surface area contributed by atoms with Gasteiger partial charge in [-0.3, -0.25) is 19.4 Å². The topological polar surface area (TPSA) is 141 Å². The second-order valence-corrected chi connectivity index (χ2v) is 26.8. The molecule has 2 heterocycles. The van der Waals surface area contributed by atoms with Gasteiger partial charge in [-0.25, -0.2) is 0 Å². The highest BCUT2D eigenvalue weighted by Crippen LogP contribution is 2.40. The maximum absolute atomic E-state index is 12.3. The van der Waals surface area contributed by atoms with Crippen LogP contribution in [0.5, 0.6) is 0 Å². The Morgan fingerprint density at radius 1 is 0.578 bits per heavy atom. The van der Waals surface area contributed by atoms with Crippen LogP contribution in [0.3, 0.4) is 0 Å². The van der Waals surface area contributed by atoms with E-state index in [1.165, 1.54) is 36.1 Å². The zero-order chi connectivity index (χ0) is 46.0. The number of β-amino-alcohol motifs (C(OH)–C–C–N with tert-alkyl or cyclic N) is 1. The minimum Gasteiger partial charge on any atom is -0.460 e. The lowest BCUT2D eigenvalue weighted by Gasteiger charge is -2.52. The summed E-state index contributed by atoms with van der Waals surface area (Å²) in [6.45, 7) is 22.4. The molecule has 5 N–H and O–H groups in total. The van der Waals surface area contributed by atoms with Crippen LogP contribution in [0.1, 0.15) is 160 Å². The number of ether oxygens (including phenoxy) is 2. The Kier molecular flexibility index (Phi) is 20.1. The summed E-state index contributed by atoms with van der Waals surface area (Å²) in [5.41, 5.74) is 10.9. The van der Waals surface area contributed by atoms with E-state index >= 15 is 0 Å². The molecule has 7 rings (SSSR count). The number of aliphatic hydroxyl groups excluding tert-OH is 1. The molecule has 11 heteroatoms. The SMILES string of the molecule is C.CC(C)(C)OC(=O)CC1CCC(N)CC1.CC(C)(C)OC(=O)CC1CCC(N2CC(O[Si](c3ccccc3)(c3ccccc3)C(C)(C)C)C2)CC1.NC1CCC(N2CC(O)C2)CC1. The van der Waals surface area contributed by atoms with Crippen molar-refractivity contribution in [3.63, 3.8) is 0 Å². The van der Waals surface area contributed by atoms with Crippen LogP contribution in [0.25, 0.3) is 0 Å². The lowest BCUT2D eigenvalue weighted by Crippen LogP contribution is -2.71. The highest BCUT2D eigenvalue weighted by molar-refractivity contribution is 6.99. The zero-order valence-corrected chi connectivity index (χ0v) is 41.7. The molecule has 3 saturated carbocycles. The summed E-state index contributed by atoms with van der Waals surface area (Å²) in [5, 5.41) is 11.8. The quantitative estimate of drug-likeness (QED) is 0.158. The van der Waals surface area contributed by atoms with Gasteiger partial charge in [0.1, 0.15) is 11.2 Å². The highest BCUT2D eigenvalue weighted by Gasteiger charge is 2.53. The fraction of sp³-hybridized carbons (Fsp3) is 0.736. The first-order chi connectivity index (χ1) is 29.6. The molecule has 5 fully saturated rings. The lowest BCUT2D eigenvalue weighted by atomic mass is 9.82. The summed E-state index contributed by atoms with van der Waals surface area (Å²) in [6, 6.07) is 24.0. The number of aliphatic hydroxyl groups is 1.